The minimum absolute atomic E-state index is 0.0144. The molecule has 1 aliphatic heterocycles. The Morgan fingerprint density at radius 1 is 1.11 bits per heavy atom. The lowest BCUT2D eigenvalue weighted by Crippen LogP contribution is -2.63. The molecule has 3 aromatic rings. The normalized spacial score (nSPS) is 19.6. The van der Waals surface area contributed by atoms with Crippen LogP contribution in [0.3, 0.4) is 0 Å². The summed E-state index contributed by atoms with van der Waals surface area (Å²) in [6.07, 6.45) is 4.78. The third-order valence-corrected chi connectivity index (χ3v) is 14.0. The zero-order valence-electron chi connectivity index (χ0n) is 27.9. The second-order valence-electron chi connectivity index (χ2n) is 14.4. The van der Waals surface area contributed by atoms with Crippen molar-refractivity contribution in [3.8, 4) is 0 Å². The summed E-state index contributed by atoms with van der Waals surface area (Å²) < 4.78 is 13.7. The molecule has 11 heteroatoms. The molecule has 4 heterocycles. The number of hydrogen-bond acceptors (Lipinski definition) is 8. The molecule has 1 fully saturated rings. The van der Waals surface area contributed by atoms with E-state index in [9.17, 15) is 9.59 Å². The number of hydrogen-bond donors (Lipinski definition) is 2. The first kappa shape index (κ1) is 33.9. The number of aryl methyl sites for hydroxylation is 1. The largest absolute Gasteiger partial charge is 0.444 e. The number of aromatic nitrogens is 2. The Morgan fingerprint density at radius 3 is 2.50 bits per heavy atom. The Balaban J connectivity index is 1.59. The first-order valence-electron chi connectivity index (χ1n) is 15.5. The van der Waals surface area contributed by atoms with Crippen LogP contribution in [-0.4, -0.2) is 61.1 Å². The van der Waals surface area contributed by atoms with Gasteiger partial charge < -0.3 is 24.7 Å². The van der Waals surface area contributed by atoms with Crippen molar-refractivity contribution in [3.05, 3.63) is 47.2 Å². The number of thiophene rings is 1. The van der Waals surface area contributed by atoms with Gasteiger partial charge in [0.2, 0.25) is 0 Å². The molecule has 1 saturated heterocycles. The van der Waals surface area contributed by atoms with E-state index in [1.165, 1.54) is 4.88 Å². The third kappa shape index (κ3) is 8.16. The summed E-state index contributed by atoms with van der Waals surface area (Å²) in [5.41, 5.74) is 1.98. The van der Waals surface area contributed by atoms with Gasteiger partial charge in [-0.25, -0.2) is 9.78 Å². The smallest absolute Gasteiger partial charge is 0.408 e. The van der Waals surface area contributed by atoms with Gasteiger partial charge in [-0.15, -0.1) is 11.3 Å². The van der Waals surface area contributed by atoms with Crippen molar-refractivity contribution in [2.75, 3.05) is 23.3 Å². The molecule has 0 aliphatic carbocycles. The van der Waals surface area contributed by atoms with E-state index < -0.39 is 20.0 Å². The molecular weight excluding hydrogens is 591 g/mol. The molecule has 0 radical (unpaired) electrons. The van der Waals surface area contributed by atoms with Crippen LogP contribution in [0, 0.1) is 5.92 Å². The van der Waals surface area contributed by atoms with Crippen LogP contribution in [0.15, 0.2) is 36.7 Å². The van der Waals surface area contributed by atoms with Crippen LogP contribution >= 0.6 is 11.3 Å². The summed E-state index contributed by atoms with van der Waals surface area (Å²) in [6.45, 7) is 22.2. The van der Waals surface area contributed by atoms with Gasteiger partial charge in [-0.2, -0.15) is 0 Å². The van der Waals surface area contributed by atoms with Gasteiger partial charge >= 0.3 is 6.09 Å². The number of amides is 2. The number of nitrogens with zero attached hydrogens (tertiary/aromatic N) is 3. The van der Waals surface area contributed by atoms with Crippen molar-refractivity contribution in [3.63, 3.8) is 0 Å². The van der Waals surface area contributed by atoms with E-state index in [1.807, 2.05) is 32.9 Å². The van der Waals surface area contributed by atoms with Gasteiger partial charge in [0.1, 0.15) is 11.3 Å². The highest BCUT2D eigenvalue weighted by molar-refractivity contribution is 7.19. The number of carbonyl (C=O) groups excluding carboxylic acids is 2. The van der Waals surface area contributed by atoms with Crippen molar-refractivity contribution >= 4 is 53.2 Å². The number of nitrogens with one attached hydrogen (secondary N) is 2. The maximum Gasteiger partial charge on any atom is 0.408 e. The van der Waals surface area contributed by atoms with Crippen molar-refractivity contribution in [1.29, 1.82) is 0 Å². The Bertz CT molecular complexity index is 1480. The fourth-order valence-electron chi connectivity index (χ4n) is 5.18. The van der Waals surface area contributed by atoms with E-state index >= 15 is 0 Å². The monoisotopic (exact) mass is 639 g/mol. The zero-order valence-corrected chi connectivity index (χ0v) is 29.7. The van der Waals surface area contributed by atoms with E-state index in [0.29, 0.717) is 24.5 Å². The zero-order chi connectivity index (χ0) is 32.4. The van der Waals surface area contributed by atoms with Crippen molar-refractivity contribution in [2.45, 2.75) is 104 Å². The van der Waals surface area contributed by atoms with Crippen LogP contribution in [0.4, 0.5) is 16.2 Å². The van der Waals surface area contributed by atoms with Crippen molar-refractivity contribution < 1.29 is 18.8 Å². The summed E-state index contributed by atoms with van der Waals surface area (Å²) in [5, 5.41) is 6.19. The van der Waals surface area contributed by atoms with E-state index in [4.69, 9.17) is 9.16 Å². The third-order valence-electron chi connectivity index (χ3n) is 8.36. The number of piperidine rings is 1. The molecule has 0 bridgehead atoms. The number of anilines is 2. The minimum Gasteiger partial charge on any atom is -0.444 e. The Labute approximate surface area is 267 Å². The lowest BCUT2D eigenvalue weighted by atomic mass is 9.92. The van der Waals surface area contributed by atoms with E-state index in [1.54, 1.807) is 29.8 Å². The number of fused-ring (bicyclic) bond motifs is 1. The maximum atomic E-state index is 13.4. The second-order valence-corrected chi connectivity index (χ2v) is 20.3. The van der Waals surface area contributed by atoms with Gasteiger partial charge in [0.15, 0.2) is 8.32 Å². The molecule has 44 heavy (non-hydrogen) atoms. The molecule has 4 rings (SSSR count). The molecule has 0 aromatic carbocycles. The van der Waals surface area contributed by atoms with E-state index in [-0.39, 0.29) is 29.0 Å². The first-order valence-corrected chi connectivity index (χ1v) is 19.3. The lowest BCUT2D eigenvalue weighted by Gasteiger charge is -2.48. The second kappa shape index (κ2) is 13.1. The molecule has 3 aromatic heterocycles. The van der Waals surface area contributed by atoms with Gasteiger partial charge in [-0.05, 0) is 69.6 Å². The highest BCUT2D eigenvalue weighted by atomic mass is 32.1. The van der Waals surface area contributed by atoms with Crippen LogP contribution in [0.1, 0.15) is 77.2 Å². The van der Waals surface area contributed by atoms with Gasteiger partial charge in [-0.3, -0.25) is 9.78 Å². The molecule has 2 amide bonds. The van der Waals surface area contributed by atoms with Crippen LogP contribution in [-0.2, 0) is 15.6 Å². The van der Waals surface area contributed by atoms with Gasteiger partial charge in [0.05, 0.1) is 39.9 Å². The predicted octanol–water partition coefficient (Wildman–Crippen LogP) is 7.64. The lowest BCUT2D eigenvalue weighted by molar-refractivity contribution is 0.0336. The van der Waals surface area contributed by atoms with Gasteiger partial charge in [-0.1, -0.05) is 41.0 Å². The molecule has 0 saturated carbocycles. The van der Waals surface area contributed by atoms with E-state index in [2.05, 4.69) is 79.3 Å². The van der Waals surface area contributed by atoms with Crippen LogP contribution in [0.5, 0.6) is 0 Å². The number of pyridine rings is 2. The molecule has 0 spiro atoms. The van der Waals surface area contributed by atoms with Gasteiger partial charge in [0.25, 0.3) is 5.91 Å². The number of rotatable bonds is 8. The standard InChI is InChI=1S/C33H49N5O4SSi/c1-11-12-22-17-24-28(43-22)14-13-23(35-24)30(39)36-25-18-34-16-15-27(25)38-19-21(2)29(42-44(9,10)33(6,7)8)26(20-38)37-31(40)41-32(3,4)5/h13-18,21,26,29H,11-12,19-20H2,1-10H3,(H,36,39)(H,37,40)/t21-,26+,29?/m0/s1. The maximum absolute atomic E-state index is 13.4. The molecule has 3 atom stereocenters. The summed E-state index contributed by atoms with van der Waals surface area (Å²) >= 11 is 1.72. The predicted molar refractivity (Wildman–Crippen MR) is 182 cm³/mol. The Morgan fingerprint density at radius 2 is 1.84 bits per heavy atom. The van der Waals surface area contributed by atoms with Gasteiger partial charge in [0, 0.05) is 30.1 Å². The summed E-state index contributed by atoms with van der Waals surface area (Å²) in [6, 6.07) is 7.37. The number of ether oxygens (including phenoxy) is 1. The summed E-state index contributed by atoms with van der Waals surface area (Å²) in [5.74, 6) is -0.216. The molecular formula is C33H49N5O4SSi. The number of alkyl carbamates (subject to hydrolysis) is 1. The molecule has 9 nitrogen and oxygen atoms in total. The van der Waals surface area contributed by atoms with Crippen LogP contribution in [0.2, 0.25) is 18.1 Å². The highest BCUT2D eigenvalue weighted by Gasteiger charge is 2.45. The molecule has 2 N–H and O–H groups in total. The first-order chi connectivity index (χ1) is 20.5. The van der Waals surface area contributed by atoms with Crippen LogP contribution in [0.25, 0.3) is 10.2 Å². The van der Waals surface area contributed by atoms with Crippen molar-refractivity contribution in [1.82, 2.24) is 15.3 Å². The highest BCUT2D eigenvalue weighted by Crippen LogP contribution is 2.40. The fourth-order valence-corrected chi connectivity index (χ4v) is 7.71. The molecule has 240 valence electrons. The molecule has 1 unspecified atom stereocenters. The Hall–Kier alpha value is -3.02. The van der Waals surface area contributed by atoms with Crippen molar-refractivity contribution in [2.24, 2.45) is 5.92 Å². The summed E-state index contributed by atoms with van der Waals surface area (Å²) in [4.78, 5) is 38.9. The van der Waals surface area contributed by atoms with Crippen LogP contribution < -0.4 is 15.5 Å². The van der Waals surface area contributed by atoms with E-state index in [0.717, 1.165) is 28.7 Å². The average Bonchev–Trinajstić information content (AvgIpc) is 3.31. The number of carbonyl (C=O) groups is 2. The Kier molecular flexibility index (Phi) is 10.1. The quantitative estimate of drug-likeness (QED) is 0.244. The summed E-state index contributed by atoms with van der Waals surface area (Å²) in [7, 11) is -2.15. The SMILES string of the molecule is CCCc1cc2nc(C(=O)Nc3cnccc3N3C[C@H](C)C(O[Si](C)(C)C(C)(C)C)[C@H](NC(=O)OC(C)(C)C)C3)ccc2s1. The topological polar surface area (TPSA) is 106 Å². The minimum atomic E-state index is -2.15. The fraction of sp³-hybridized carbons (Fsp3) is 0.576. The molecule has 1 aliphatic rings. The average molecular weight is 640 g/mol.